The van der Waals surface area contributed by atoms with E-state index in [1.807, 2.05) is 65.6 Å². The summed E-state index contributed by atoms with van der Waals surface area (Å²) in [6.07, 6.45) is 0. The first kappa shape index (κ1) is 20.3. The molecular weight excluding hydrogens is 615 g/mol. The van der Waals surface area contributed by atoms with Crippen molar-refractivity contribution in [1.82, 2.24) is 0 Å². The first-order chi connectivity index (χ1) is 28.4. The molecule has 9 aromatic rings. The topological polar surface area (TPSA) is 16.4 Å². The van der Waals surface area contributed by atoms with Crippen molar-refractivity contribution in [2.45, 2.75) is 0 Å². The smallest absolute Gasteiger partial charge is 0.135 e. The van der Waals surface area contributed by atoms with Gasteiger partial charge >= 0.3 is 0 Å². The highest BCUT2D eigenvalue weighted by molar-refractivity contribution is 7.19. The number of anilines is 3. The average Bonchev–Trinajstić information content (AvgIpc) is 3.90. The summed E-state index contributed by atoms with van der Waals surface area (Å²) in [6, 6.07) is 37.3. The number of fused-ring (bicyclic) bond motifs is 3. The molecule has 0 aliphatic heterocycles. The number of benzene rings is 7. The van der Waals surface area contributed by atoms with Crippen molar-refractivity contribution in [2.75, 3.05) is 4.90 Å². The Morgan fingerprint density at radius 3 is 1.57 bits per heavy atom. The number of hydrogen-bond donors (Lipinski definition) is 0. The predicted octanol–water partition coefficient (Wildman–Crippen LogP) is 13.8. The third kappa shape index (κ3) is 5.61. The quantitative estimate of drug-likeness (QED) is 0.170. The summed E-state index contributed by atoms with van der Waals surface area (Å²) < 4.78 is 88.7. The average molecular weight is 656 g/mol. The fraction of sp³-hybridized carbons (Fsp3) is 0. The molecule has 2 heterocycles. The highest BCUT2D eigenvalue weighted by Gasteiger charge is 2.16. The van der Waals surface area contributed by atoms with Crippen LogP contribution in [0.25, 0.3) is 65.8 Å². The van der Waals surface area contributed by atoms with Crippen molar-refractivity contribution in [2.24, 2.45) is 0 Å². The van der Waals surface area contributed by atoms with Gasteiger partial charge < -0.3 is 9.32 Å². The molecule has 0 saturated carbocycles. The Bertz CT molecular complexity index is 2930. The zero-order valence-corrected chi connectivity index (χ0v) is 26.7. The van der Waals surface area contributed by atoms with Crippen LogP contribution in [0.15, 0.2) is 192 Å². The lowest BCUT2D eigenvalue weighted by Crippen LogP contribution is -2.08. The normalized spacial score (nSPS) is 14.1. The Morgan fingerprint density at radius 1 is 0.429 bits per heavy atom. The zero-order valence-electron chi connectivity index (χ0n) is 35.9. The van der Waals surface area contributed by atoms with E-state index in [0.717, 1.165) is 59.9 Å². The van der Waals surface area contributed by atoms with Gasteiger partial charge in [0.15, 0.2) is 0 Å². The summed E-state index contributed by atoms with van der Waals surface area (Å²) in [5.41, 5.74) is 7.46. The number of furan rings is 1. The maximum Gasteiger partial charge on any atom is 0.135 e. The molecule has 0 aliphatic rings. The minimum absolute atomic E-state index is 0.108. The van der Waals surface area contributed by atoms with E-state index in [9.17, 15) is 0 Å². The van der Waals surface area contributed by atoms with Gasteiger partial charge in [-0.3, -0.25) is 0 Å². The fourth-order valence-electron chi connectivity index (χ4n) is 6.08. The maximum absolute atomic E-state index is 8.49. The van der Waals surface area contributed by atoms with Crippen molar-refractivity contribution in [3.63, 3.8) is 0 Å². The second-order valence-electron chi connectivity index (χ2n) is 11.5. The van der Waals surface area contributed by atoms with Crippen LogP contribution in [0.2, 0.25) is 0 Å². The highest BCUT2D eigenvalue weighted by atomic mass is 32.1. The summed E-state index contributed by atoms with van der Waals surface area (Å²) >= 11 is 1.56. The summed E-state index contributed by atoms with van der Waals surface area (Å²) in [4.78, 5) is 3.03. The lowest BCUT2D eigenvalue weighted by molar-refractivity contribution is 0.669. The van der Waals surface area contributed by atoms with Crippen LogP contribution in [0.5, 0.6) is 0 Å². The molecule has 0 radical (unpaired) electrons. The van der Waals surface area contributed by atoms with Gasteiger partial charge in [-0.15, -0.1) is 11.3 Å². The second kappa shape index (κ2) is 12.5. The number of para-hydroxylation sites is 1. The van der Waals surface area contributed by atoms with E-state index in [4.69, 9.17) is 18.1 Å². The molecule has 0 amide bonds. The maximum atomic E-state index is 8.49. The van der Waals surface area contributed by atoms with Gasteiger partial charge in [0.05, 0.1) is 13.7 Å². The van der Waals surface area contributed by atoms with E-state index < -0.39 is 36.3 Å². The lowest BCUT2D eigenvalue weighted by Gasteiger charge is -2.24. The Morgan fingerprint density at radius 2 is 0.939 bits per heavy atom. The predicted molar refractivity (Wildman–Crippen MR) is 208 cm³/mol. The molecule has 2 aromatic heterocycles. The Balaban J connectivity index is 1.09. The van der Waals surface area contributed by atoms with Gasteiger partial charge in [0.25, 0.3) is 0 Å². The zero-order chi connectivity index (χ0) is 41.3. The van der Waals surface area contributed by atoms with Gasteiger partial charge in [0.1, 0.15) is 16.2 Å². The molecule has 0 saturated heterocycles. The van der Waals surface area contributed by atoms with Crippen molar-refractivity contribution < 1.29 is 18.1 Å². The largest absolute Gasteiger partial charge is 0.456 e. The molecule has 0 atom stereocenters. The van der Waals surface area contributed by atoms with Crippen LogP contribution in [0, 0.1) is 0 Å². The molecular formula is C46H31NOS. The molecule has 9 rings (SSSR count). The number of nitrogens with zero attached hydrogens (tertiary/aromatic N) is 1. The van der Waals surface area contributed by atoms with Gasteiger partial charge in [-0.1, -0.05) is 133 Å². The summed E-state index contributed by atoms with van der Waals surface area (Å²) in [5.74, 6) is 0. The third-order valence-electron chi connectivity index (χ3n) is 8.52. The molecule has 7 aromatic carbocycles. The van der Waals surface area contributed by atoms with E-state index in [0.29, 0.717) is 11.1 Å². The SMILES string of the molecule is [2H]c1c([2H])c([2H])c(-c2ccc(N(c3ccc(-c4c([2H])c([2H])c([2H])c([2H])c4[2H])cc3)c3ccc(-c4ccc(-c5ccc6oc7ccccc7c6c5)cc4)s3)cc2)c([2H])c1[2H]. The van der Waals surface area contributed by atoms with Gasteiger partial charge in [-0.05, 0) is 93.5 Å². The molecule has 0 fully saturated rings. The molecule has 0 aliphatic carbocycles. The Kier molecular flexibility index (Phi) is 5.15. The standard InChI is InChI=1S/C46H31NOS/c1-3-9-32(10-4-1)34-19-24-39(25-20-34)47(40-26-21-35(22-27-40)33-11-5-2-6-12-33)46-30-29-45(49-46)37-17-15-36(16-18-37)38-23-28-44-42(31-38)41-13-7-8-14-43(41)48-44/h1-31H/i1D,2D,3D,4D,5D,6D,9D,10D,11D,12D. The van der Waals surface area contributed by atoms with Gasteiger partial charge in [0.2, 0.25) is 0 Å². The monoisotopic (exact) mass is 655 g/mol. The Hall–Kier alpha value is -6.16. The summed E-state index contributed by atoms with van der Waals surface area (Å²) in [5, 5.41) is 2.99. The van der Waals surface area contributed by atoms with Crippen LogP contribution >= 0.6 is 11.3 Å². The van der Waals surface area contributed by atoms with Crippen LogP contribution in [0.4, 0.5) is 16.4 Å². The number of thiophene rings is 1. The number of rotatable bonds is 7. The summed E-state index contributed by atoms with van der Waals surface area (Å²) in [6.45, 7) is 0. The van der Waals surface area contributed by atoms with E-state index >= 15 is 0 Å². The minimum Gasteiger partial charge on any atom is -0.456 e. The molecule has 49 heavy (non-hydrogen) atoms. The van der Waals surface area contributed by atoms with Crippen LogP contribution in [-0.2, 0) is 0 Å². The lowest BCUT2D eigenvalue weighted by atomic mass is 10.0. The molecule has 232 valence electrons. The molecule has 3 heteroatoms. The molecule has 2 nitrogen and oxygen atoms in total. The van der Waals surface area contributed by atoms with E-state index in [1.165, 1.54) is 0 Å². The van der Waals surface area contributed by atoms with E-state index in [1.54, 1.807) is 35.6 Å². The van der Waals surface area contributed by atoms with Crippen molar-refractivity contribution >= 4 is 49.7 Å². The van der Waals surface area contributed by atoms with Gasteiger partial charge in [-0.2, -0.15) is 0 Å². The van der Waals surface area contributed by atoms with Crippen molar-refractivity contribution in [3.8, 4) is 43.8 Å². The van der Waals surface area contributed by atoms with Crippen molar-refractivity contribution in [1.29, 1.82) is 0 Å². The molecule has 0 unspecified atom stereocenters. The Labute approximate surface area is 303 Å². The second-order valence-corrected chi connectivity index (χ2v) is 12.5. The van der Waals surface area contributed by atoms with E-state index in [-0.39, 0.29) is 35.3 Å². The van der Waals surface area contributed by atoms with Crippen molar-refractivity contribution in [3.05, 3.63) is 188 Å². The first-order valence-corrected chi connectivity index (χ1v) is 16.5. The highest BCUT2D eigenvalue weighted by Crippen LogP contribution is 2.43. The van der Waals surface area contributed by atoms with Crippen LogP contribution in [-0.4, -0.2) is 0 Å². The first-order valence-electron chi connectivity index (χ1n) is 20.7. The minimum atomic E-state index is -0.453. The molecule has 0 N–H and O–H groups in total. The van der Waals surface area contributed by atoms with Crippen LogP contribution < -0.4 is 4.90 Å². The van der Waals surface area contributed by atoms with Gasteiger partial charge in [-0.25, -0.2) is 0 Å². The molecule has 0 spiro atoms. The fourth-order valence-corrected chi connectivity index (χ4v) is 7.14. The van der Waals surface area contributed by atoms with E-state index in [2.05, 4.69) is 42.5 Å². The van der Waals surface area contributed by atoms with Crippen LogP contribution in [0.1, 0.15) is 13.7 Å². The van der Waals surface area contributed by atoms with Crippen LogP contribution in [0.3, 0.4) is 0 Å². The summed E-state index contributed by atoms with van der Waals surface area (Å²) in [7, 11) is 0. The third-order valence-corrected chi connectivity index (χ3v) is 9.64. The molecule has 0 bridgehead atoms. The number of hydrogen-bond acceptors (Lipinski definition) is 3. The van der Waals surface area contributed by atoms with Gasteiger partial charge in [0, 0.05) is 27.0 Å².